The lowest BCUT2D eigenvalue weighted by atomic mass is 9.90. The minimum atomic E-state index is -5.22. The largest absolute Gasteiger partial charge is 0.492 e. The molecular formula is C31H24F5N7O3S. The van der Waals surface area contributed by atoms with Crippen LogP contribution in [0.3, 0.4) is 0 Å². The maximum atomic E-state index is 17.1. The molecule has 3 aromatic heterocycles. The Kier molecular flexibility index (Phi) is 7.21. The van der Waals surface area contributed by atoms with E-state index in [1.54, 1.807) is 24.0 Å². The van der Waals surface area contributed by atoms with E-state index in [-0.39, 0.29) is 63.5 Å². The van der Waals surface area contributed by atoms with Crippen molar-refractivity contribution in [3.05, 3.63) is 58.8 Å². The van der Waals surface area contributed by atoms with Gasteiger partial charge in [0, 0.05) is 28.6 Å². The molecule has 242 valence electrons. The monoisotopic (exact) mass is 669 g/mol. The number of hydrogen-bond donors (Lipinski definition) is 2. The van der Waals surface area contributed by atoms with Crippen molar-refractivity contribution in [3.8, 4) is 29.0 Å². The molecule has 7 rings (SSSR count). The molecule has 5 heterocycles. The van der Waals surface area contributed by atoms with Crippen LogP contribution in [0.2, 0.25) is 0 Å². The normalized spacial score (nSPS) is 18.4. The van der Waals surface area contributed by atoms with Crippen LogP contribution in [0.1, 0.15) is 29.7 Å². The van der Waals surface area contributed by atoms with Gasteiger partial charge in [0.15, 0.2) is 5.82 Å². The molecule has 0 radical (unpaired) electrons. The Morgan fingerprint density at radius 3 is 2.62 bits per heavy atom. The Morgan fingerprint density at radius 1 is 1.13 bits per heavy atom. The van der Waals surface area contributed by atoms with Gasteiger partial charge < -0.3 is 30.6 Å². The standard InChI is InChI=1S/C31H24F5N7O3S/c1-12(14-4-3-7-40-27(14)38)43-18-11-45-9-13(18)10-46-25-21-24(41-30(44-2)42-29(21)43)23(33)20(22(25)31(34,35)36)15-5-6-17(32)26-19(15)16(8-37)28(39)47-26/h3-7,12-13,18H,9-11,39H2,1-2H3,(H2,38,40). The Morgan fingerprint density at radius 2 is 1.91 bits per heavy atom. The third kappa shape index (κ3) is 4.63. The summed E-state index contributed by atoms with van der Waals surface area (Å²) in [5, 5.41) is 9.10. The van der Waals surface area contributed by atoms with Crippen molar-refractivity contribution in [1.82, 2.24) is 15.0 Å². The van der Waals surface area contributed by atoms with Crippen molar-refractivity contribution >= 4 is 49.0 Å². The smallest absolute Gasteiger partial charge is 0.420 e. The summed E-state index contributed by atoms with van der Waals surface area (Å²) in [5.41, 5.74) is 9.05. The molecule has 1 saturated heterocycles. The Hall–Kier alpha value is -5.01. The van der Waals surface area contributed by atoms with Gasteiger partial charge in [0.2, 0.25) is 0 Å². The maximum Gasteiger partial charge on any atom is 0.420 e. The van der Waals surface area contributed by atoms with Crippen LogP contribution in [0.5, 0.6) is 11.8 Å². The quantitative estimate of drug-likeness (QED) is 0.212. The van der Waals surface area contributed by atoms with Crippen LogP contribution in [0.15, 0.2) is 30.5 Å². The molecule has 2 aliphatic rings. The highest BCUT2D eigenvalue weighted by Crippen LogP contribution is 2.54. The minimum Gasteiger partial charge on any atom is -0.492 e. The number of methoxy groups -OCH3 is 1. The van der Waals surface area contributed by atoms with Gasteiger partial charge in [-0.3, -0.25) is 0 Å². The van der Waals surface area contributed by atoms with Crippen molar-refractivity contribution in [1.29, 1.82) is 5.26 Å². The predicted molar refractivity (Wildman–Crippen MR) is 164 cm³/mol. The lowest BCUT2D eigenvalue weighted by molar-refractivity contribution is -0.138. The second kappa shape index (κ2) is 11.1. The van der Waals surface area contributed by atoms with E-state index in [9.17, 15) is 9.65 Å². The second-order valence-electron chi connectivity index (χ2n) is 11.1. The third-order valence-corrected chi connectivity index (χ3v) is 9.64. The van der Waals surface area contributed by atoms with Gasteiger partial charge in [0.25, 0.3) is 0 Å². The number of nitrogen functional groups attached to an aromatic ring is 2. The van der Waals surface area contributed by atoms with E-state index in [4.69, 9.17) is 25.7 Å². The number of alkyl halides is 3. The summed E-state index contributed by atoms with van der Waals surface area (Å²) < 4.78 is 95.2. The molecular weight excluding hydrogens is 645 g/mol. The van der Waals surface area contributed by atoms with Crippen molar-refractivity contribution in [2.75, 3.05) is 43.3 Å². The first-order valence-electron chi connectivity index (χ1n) is 14.2. The summed E-state index contributed by atoms with van der Waals surface area (Å²) in [6.45, 7) is 1.86. The Labute approximate surface area is 267 Å². The number of pyridine rings is 1. The first-order valence-corrected chi connectivity index (χ1v) is 15.1. The SMILES string of the molecule is COc1nc2c3c(c(C(F)(F)F)c(-c4ccc(F)c5sc(N)c(C#N)c45)c(F)c3n1)OCC1COCC1N2C(C)c1cccnc1N. The van der Waals surface area contributed by atoms with E-state index in [1.807, 2.05) is 6.07 Å². The van der Waals surface area contributed by atoms with Gasteiger partial charge in [-0.1, -0.05) is 12.1 Å². The number of nitriles is 1. The number of thiophene rings is 1. The molecule has 2 aromatic carbocycles. The van der Waals surface area contributed by atoms with Crippen LogP contribution in [-0.2, 0) is 10.9 Å². The van der Waals surface area contributed by atoms with Crippen molar-refractivity contribution in [2.24, 2.45) is 5.92 Å². The summed E-state index contributed by atoms with van der Waals surface area (Å²) in [6, 6.07) is 5.64. The van der Waals surface area contributed by atoms with Gasteiger partial charge in [-0.2, -0.15) is 28.4 Å². The van der Waals surface area contributed by atoms with Crippen LogP contribution in [0.4, 0.5) is 38.6 Å². The summed E-state index contributed by atoms with van der Waals surface area (Å²) >= 11 is 0.674. The lowest BCUT2D eigenvalue weighted by Crippen LogP contribution is -2.45. The fourth-order valence-corrected chi connectivity index (χ4v) is 7.47. The Bertz CT molecular complexity index is 2130. The lowest BCUT2D eigenvalue weighted by Gasteiger charge is -2.40. The number of nitrogens with zero attached hydrogens (tertiary/aromatic N) is 5. The van der Waals surface area contributed by atoms with Gasteiger partial charge >= 0.3 is 12.2 Å². The van der Waals surface area contributed by atoms with Gasteiger partial charge in [0.1, 0.15) is 45.4 Å². The van der Waals surface area contributed by atoms with Gasteiger partial charge in [0.05, 0.1) is 54.7 Å². The zero-order valence-corrected chi connectivity index (χ0v) is 25.5. The average molecular weight is 670 g/mol. The molecule has 0 amide bonds. The molecule has 3 atom stereocenters. The van der Waals surface area contributed by atoms with Gasteiger partial charge in [-0.25, -0.2) is 13.8 Å². The van der Waals surface area contributed by atoms with Crippen LogP contribution >= 0.6 is 11.3 Å². The fourth-order valence-electron chi connectivity index (χ4n) is 6.52. The number of fused-ring (bicyclic) bond motifs is 2. The zero-order valence-electron chi connectivity index (χ0n) is 24.7. The fraction of sp³-hybridized carbons (Fsp3) is 0.290. The highest BCUT2D eigenvalue weighted by Gasteiger charge is 2.47. The van der Waals surface area contributed by atoms with Crippen molar-refractivity contribution in [2.45, 2.75) is 25.2 Å². The number of ether oxygens (including phenoxy) is 3. The van der Waals surface area contributed by atoms with E-state index in [2.05, 4.69) is 15.0 Å². The minimum absolute atomic E-state index is 0.101. The summed E-state index contributed by atoms with van der Waals surface area (Å²) in [6.07, 6.45) is -3.71. The van der Waals surface area contributed by atoms with E-state index < -0.39 is 63.8 Å². The van der Waals surface area contributed by atoms with Crippen LogP contribution in [0.25, 0.3) is 32.1 Å². The number of nitrogens with two attached hydrogens (primary N) is 2. The topological polar surface area (TPSA) is 145 Å². The highest BCUT2D eigenvalue weighted by atomic mass is 32.1. The van der Waals surface area contributed by atoms with Gasteiger partial charge in [-0.15, -0.1) is 11.3 Å². The third-order valence-electron chi connectivity index (χ3n) is 8.61. The molecule has 0 aliphatic carbocycles. The average Bonchev–Trinajstić information content (AvgIpc) is 3.63. The molecule has 0 saturated carbocycles. The molecule has 47 heavy (non-hydrogen) atoms. The molecule has 1 fully saturated rings. The molecule has 2 aliphatic heterocycles. The summed E-state index contributed by atoms with van der Waals surface area (Å²) in [4.78, 5) is 14.6. The molecule has 5 aromatic rings. The molecule has 0 bridgehead atoms. The molecule has 4 N–H and O–H groups in total. The van der Waals surface area contributed by atoms with E-state index in [0.29, 0.717) is 16.9 Å². The number of benzene rings is 2. The zero-order chi connectivity index (χ0) is 33.4. The number of anilines is 3. The summed E-state index contributed by atoms with van der Waals surface area (Å²) in [5.74, 6) is -3.34. The van der Waals surface area contributed by atoms with E-state index in [1.165, 1.54) is 13.3 Å². The first kappa shape index (κ1) is 30.6. The molecule has 10 nitrogen and oxygen atoms in total. The van der Waals surface area contributed by atoms with Crippen LogP contribution < -0.4 is 25.8 Å². The second-order valence-corrected chi connectivity index (χ2v) is 12.2. The maximum absolute atomic E-state index is 17.1. The molecule has 0 spiro atoms. The molecule has 3 unspecified atom stereocenters. The number of rotatable bonds is 4. The number of hydrogen-bond acceptors (Lipinski definition) is 11. The highest BCUT2D eigenvalue weighted by molar-refractivity contribution is 7.23. The van der Waals surface area contributed by atoms with Gasteiger partial charge in [-0.05, 0) is 24.6 Å². The van der Waals surface area contributed by atoms with E-state index in [0.717, 1.165) is 12.1 Å². The summed E-state index contributed by atoms with van der Waals surface area (Å²) in [7, 11) is 1.24. The van der Waals surface area contributed by atoms with Crippen molar-refractivity contribution in [3.63, 3.8) is 0 Å². The first-order chi connectivity index (χ1) is 22.5. The molecule has 16 heteroatoms. The van der Waals surface area contributed by atoms with Crippen LogP contribution in [-0.4, -0.2) is 47.9 Å². The number of aromatic nitrogens is 3. The number of halogens is 5. The van der Waals surface area contributed by atoms with Crippen LogP contribution in [0, 0.1) is 28.9 Å². The van der Waals surface area contributed by atoms with E-state index >= 15 is 17.6 Å². The van der Waals surface area contributed by atoms with Crippen molar-refractivity contribution < 1.29 is 36.2 Å². The Balaban J connectivity index is 1.65. The predicted octanol–water partition coefficient (Wildman–Crippen LogP) is 6.22.